The molecule has 1 aromatic heterocycles. The van der Waals surface area contributed by atoms with Crippen molar-refractivity contribution in [2.45, 2.75) is 46.5 Å². The number of hydrogen-bond acceptors (Lipinski definition) is 4. The van der Waals surface area contributed by atoms with E-state index >= 15 is 0 Å². The molecule has 1 aromatic carbocycles. The zero-order valence-corrected chi connectivity index (χ0v) is 12.3. The third-order valence-corrected chi connectivity index (χ3v) is 3.03. The number of ether oxygens (including phenoxy) is 1. The Labute approximate surface area is 120 Å². The van der Waals surface area contributed by atoms with E-state index in [0.29, 0.717) is 12.6 Å². The molecule has 1 heterocycles. The van der Waals surface area contributed by atoms with Crippen LogP contribution in [0.5, 0.6) is 5.75 Å². The van der Waals surface area contributed by atoms with E-state index in [1.165, 1.54) is 0 Å². The van der Waals surface area contributed by atoms with E-state index in [0.717, 1.165) is 30.2 Å². The van der Waals surface area contributed by atoms with Crippen molar-refractivity contribution in [3.05, 3.63) is 42.0 Å². The summed E-state index contributed by atoms with van der Waals surface area (Å²) in [6, 6.07) is 8.53. The predicted octanol–water partition coefficient (Wildman–Crippen LogP) is 2.38. The second kappa shape index (κ2) is 7.05. The molecule has 1 N–H and O–H groups in total. The highest BCUT2D eigenvalue weighted by atomic mass is 16.5. The van der Waals surface area contributed by atoms with Crippen LogP contribution in [0.1, 0.15) is 32.2 Å². The molecule has 0 spiro atoms. The number of para-hydroxylation sites is 1. The standard InChI is InChI=1S/C15H22N4O/c1-4-19-15(17-11-18-19)10-20-14-8-6-5-7-13(14)9-16-12(2)3/h5-8,11-12,16H,4,9-10H2,1-3H3. The van der Waals surface area contributed by atoms with Crippen molar-refractivity contribution in [3.8, 4) is 5.75 Å². The van der Waals surface area contributed by atoms with Crippen molar-refractivity contribution in [2.24, 2.45) is 0 Å². The Bertz CT molecular complexity index is 536. The number of nitrogens with zero attached hydrogens (tertiary/aromatic N) is 3. The molecule has 0 amide bonds. The molecular weight excluding hydrogens is 252 g/mol. The molecule has 0 atom stereocenters. The molecule has 0 saturated carbocycles. The van der Waals surface area contributed by atoms with Gasteiger partial charge in [-0.15, -0.1) is 0 Å². The molecule has 0 saturated heterocycles. The molecule has 108 valence electrons. The molecule has 0 radical (unpaired) electrons. The van der Waals surface area contributed by atoms with Gasteiger partial charge in [0.2, 0.25) is 0 Å². The molecule has 0 aliphatic carbocycles. The van der Waals surface area contributed by atoms with E-state index in [-0.39, 0.29) is 0 Å². The largest absolute Gasteiger partial charge is 0.485 e. The van der Waals surface area contributed by atoms with Gasteiger partial charge in [0.05, 0.1) is 0 Å². The third kappa shape index (κ3) is 3.81. The first-order chi connectivity index (χ1) is 9.70. The lowest BCUT2D eigenvalue weighted by Crippen LogP contribution is -2.22. The van der Waals surface area contributed by atoms with Crippen LogP contribution in [0.25, 0.3) is 0 Å². The van der Waals surface area contributed by atoms with E-state index in [9.17, 15) is 0 Å². The highest BCUT2D eigenvalue weighted by molar-refractivity contribution is 5.33. The predicted molar refractivity (Wildman–Crippen MR) is 78.4 cm³/mol. The van der Waals surface area contributed by atoms with Crippen LogP contribution in [0, 0.1) is 0 Å². The second-order valence-corrected chi connectivity index (χ2v) is 4.92. The zero-order valence-electron chi connectivity index (χ0n) is 12.3. The Hall–Kier alpha value is -1.88. The molecule has 0 aliphatic heterocycles. The Morgan fingerprint density at radius 2 is 2.10 bits per heavy atom. The van der Waals surface area contributed by atoms with Crippen molar-refractivity contribution in [1.82, 2.24) is 20.1 Å². The number of rotatable bonds is 7. The minimum Gasteiger partial charge on any atom is -0.485 e. The van der Waals surface area contributed by atoms with Crippen LogP contribution >= 0.6 is 0 Å². The first kappa shape index (κ1) is 14.5. The van der Waals surface area contributed by atoms with Gasteiger partial charge in [0.15, 0.2) is 5.82 Å². The summed E-state index contributed by atoms with van der Waals surface area (Å²) >= 11 is 0. The first-order valence-electron chi connectivity index (χ1n) is 7.01. The van der Waals surface area contributed by atoms with Crippen LogP contribution in [-0.4, -0.2) is 20.8 Å². The molecular formula is C15H22N4O. The quantitative estimate of drug-likeness (QED) is 0.842. The van der Waals surface area contributed by atoms with Gasteiger partial charge in [-0.1, -0.05) is 32.0 Å². The summed E-state index contributed by atoms with van der Waals surface area (Å²) in [4.78, 5) is 4.22. The normalized spacial score (nSPS) is 11.0. The fraction of sp³-hybridized carbons (Fsp3) is 0.467. The van der Waals surface area contributed by atoms with Crippen molar-refractivity contribution in [2.75, 3.05) is 0 Å². The van der Waals surface area contributed by atoms with E-state index in [1.807, 2.05) is 29.8 Å². The summed E-state index contributed by atoms with van der Waals surface area (Å²) in [5.74, 6) is 1.74. The van der Waals surface area contributed by atoms with Crippen LogP contribution < -0.4 is 10.1 Å². The second-order valence-electron chi connectivity index (χ2n) is 4.92. The van der Waals surface area contributed by atoms with Gasteiger partial charge in [0, 0.05) is 24.7 Å². The van der Waals surface area contributed by atoms with Gasteiger partial charge >= 0.3 is 0 Å². The number of nitrogens with one attached hydrogen (secondary N) is 1. The summed E-state index contributed by atoms with van der Waals surface area (Å²) in [6.07, 6.45) is 1.56. The summed E-state index contributed by atoms with van der Waals surface area (Å²) < 4.78 is 7.74. The van der Waals surface area contributed by atoms with Crippen molar-refractivity contribution >= 4 is 0 Å². The van der Waals surface area contributed by atoms with E-state index < -0.39 is 0 Å². The molecule has 0 fully saturated rings. The molecule has 20 heavy (non-hydrogen) atoms. The highest BCUT2D eigenvalue weighted by Gasteiger charge is 2.07. The lowest BCUT2D eigenvalue weighted by Gasteiger charge is -2.13. The molecule has 0 unspecified atom stereocenters. The molecule has 2 aromatic rings. The maximum absolute atomic E-state index is 5.89. The number of hydrogen-bond donors (Lipinski definition) is 1. The summed E-state index contributed by atoms with van der Waals surface area (Å²) in [6.45, 7) is 8.34. The Morgan fingerprint density at radius 1 is 1.30 bits per heavy atom. The van der Waals surface area contributed by atoms with Crippen molar-refractivity contribution in [3.63, 3.8) is 0 Å². The van der Waals surface area contributed by atoms with Crippen molar-refractivity contribution < 1.29 is 4.74 Å². The summed E-state index contributed by atoms with van der Waals surface area (Å²) in [7, 11) is 0. The van der Waals surface area contributed by atoms with Gasteiger partial charge in [-0.25, -0.2) is 9.67 Å². The average molecular weight is 274 g/mol. The summed E-state index contributed by atoms with van der Waals surface area (Å²) in [5, 5.41) is 7.55. The molecule has 5 heteroatoms. The fourth-order valence-corrected chi connectivity index (χ4v) is 1.91. The van der Waals surface area contributed by atoms with E-state index in [1.54, 1.807) is 6.33 Å². The van der Waals surface area contributed by atoms with Gasteiger partial charge in [-0.3, -0.25) is 0 Å². The van der Waals surface area contributed by atoms with Gasteiger partial charge in [-0.05, 0) is 13.0 Å². The van der Waals surface area contributed by atoms with Gasteiger partial charge < -0.3 is 10.1 Å². The van der Waals surface area contributed by atoms with Gasteiger partial charge in [0.1, 0.15) is 18.7 Å². The van der Waals surface area contributed by atoms with Crippen LogP contribution in [0.4, 0.5) is 0 Å². The lowest BCUT2D eigenvalue weighted by atomic mass is 10.2. The molecule has 0 aliphatic rings. The SMILES string of the molecule is CCn1ncnc1COc1ccccc1CNC(C)C. The first-order valence-corrected chi connectivity index (χ1v) is 7.01. The maximum Gasteiger partial charge on any atom is 0.164 e. The smallest absolute Gasteiger partial charge is 0.164 e. The monoisotopic (exact) mass is 274 g/mol. The van der Waals surface area contributed by atoms with Gasteiger partial charge in [-0.2, -0.15) is 5.10 Å². The zero-order chi connectivity index (χ0) is 14.4. The highest BCUT2D eigenvalue weighted by Crippen LogP contribution is 2.19. The topological polar surface area (TPSA) is 52.0 Å². The minimum absolute atomic E-state index is 0.437. The molecule has 0 bridgehead atoms. The summed E-state index contributed by atoms with van der Waals surface area (Å²) in [5.41, 5.74) is 1.16. The third-order valence-electron chi connectivity index (χ3n) is 3.03. The van der Waals surface area contributed by atoms with E-state index in [4.69, 9.17) is 4.74 Å². The fourth-order valence-electron chi connectivity index (χ4n) is 1.91. The average Bonchev–Trinajstić information content (AvgIpc) is 2.91. The molecule has 2 rings (SSSR count). The Balaban J connectivity index is 2.02. The van der Waals surface area contributed by atoms with Crippen LogP contribution in [0.15, 0.2) is 30.6 Å². The van der Waals surface area contributed by atoms with Crippen LogP contribution in [-0.2, 0) is 19.7 Å². The maximum atomic E-state index is 5.89. The number of aromatic nitrogens is 3. The minimum atomic E-state index is 0.437. The molecule has 5 nitrogen and oxygen atoms in total. The Kier molecular flexibility index (Phi) is 5.12. The van der Waals surface area contributed by atoms with Crippen LogP contribution in [0.2, 0.25) is 0 Å². The lowest BCUT2D eigenvalue weighted by molar-refractivity contribution is 0.283. The Morgan fingerprint density at radius 3 is 2.85 bits per heavy atom. The van der Waals surface area contributed by atoms with E-state index in [2.05, 4.69) is 35.3 Å². The van der Waals surface area contributed by atoms with Gasteiger partial charge in [0.25, 0.3) is 0 Å². The number of benzene rings is 1. The number of aryl methyl sites for hydroxylation is 1. The van der Waals surface area contributed by atoms with Crippen molar-refractivity contribution in [1.29, 1.82) is 0 Å². The van der Waals surface area contributed by atoms with Crippen LogP contribution in [0.3, 0.4) is 0 Å².